The maximum Gasteiger partial charge on any atom is 0.287 e. The van der Waals surface area contributed by atoms with Crippen molar-refractivity contribution in [3.8, 4) is 0 Å². The van der Waals surface area contributed by atoms with E-state index in [0.29, 0.717) is 24.9 Å². The number of carbonyl (C=O) groups excluding carboxylic acids is 1. The Morgan fingerprint density at radius 2 is 2.04 bits per heavy atom. The number of rotatable bonds is 6. The van der Waals surface area contributed by atoms with Crippen molar-refractivity contribution in [2.75, 3.05) is 18.5 Å². The minimum atomic E-state index is -0.155. The number of fused-ring (bicyclic) bond motifs is 1. The Morgan fingerprint density at radius 3 is 2.77 bits per heavy atom. The van der Waals surface area contributed by atoms with Gasteiger partial charge in [0, 0.05) is 36.4 Å². The van der Waals surface area contributed by atoms with E-state index >= 15 is 0 Å². The molecule has 0 saturated carbocycles. The SMILES string of the molecule is CNC(C)CNC(=O)c1occc1CN1c2ccccc2CC1C.Cl.Cl. The first-order chi connectivity index (χ1) is 11.6. The van der Waals surface area contributed by atoms with Gasteiger partial charge in [0.1, 0.15) is 0 Å². The summed E-state index contributed by atoms with van der Waals surface area (Å²) in [4.78, 5) is 14.7. The number of halogens is 2. The second kappa shape index (κ2) is 9.86. The van der Waals surface area contributed by atoms with Crippen LogP contribution in [0.1, 0.15) is 35.5 Å². The van der Waals surface area contributed by atoms with E-state index in [4.69, 9.17) is 4.42 Å². The van der Waals surface area contributed by atoms with Crippen molar-refractivity contribution in [3.05, 3.63) is 53.5 Å². The maximum atomic E-state index is 12.4. The molecular formula is C19H27Cl2N3O2. The summed E-state index contributed by atoms with van der Waals surface area (Å²) in [6, 6.07) is 11.0. The molecule has 1 aliphatic rings. The predicted octanol–water partition coefficient (Wildman–Crippen LogP) is 3.41. The number of anilines is 1. The molecule has 2 atom stereocenters. The number of nitrogens with one attached hydrogen (secondary N) is 2. The van der Waals surface area contributed by atoms with E-state index in [0.717, 1.165) is 12.0 Å². The van der Waals surface area contributed by atoms with Crippen molar-refractivity contribution in [1.29, 1.82) is 0 Å². The molecule has 1 aliphatic heterocycles. The highest BCUT2D eigenvalue weighted by Gasteiger charge is 2.27. The largest absolute Gasteiger partial charge is 0.459 e. The van der Waals surface area contributed by atoms with E-state index in [1.807, 2.05) is 20.0 Å². The van der Waals surface area contributed by atoms with Gasteiger partial charge in [-0.05, 0) is 45.0 Å². The lowest BCUT2D eigenvalue weighted by molar-refractivity contribution is 0.0921. The van der Waals surface area contributed by atoms with Gasteiger partial charge in [-0.1, -0.05) is 18.2 Å². The van der Waals surface area contributed by atoms with Crippen LogP contribution >= 0.6 is 24.8 Å². The van der Waals surface area contributed by atoms with Gasteiger partial charge in [-0.25, -0.2) is 0 Å². The summed E-state index contributed by atoms with van der Waals surface area (Å²) in [5, 5.41) is 6.02. The average Bonchev–Trinajstić information content (AvgIpc) is 3.17. The van der Waals surface area contributed by atoms with Gasteiger partial charge in [-0.2, -0.15) is 0 Å². The van der Waals surface area contributed by atoms with Crippen LogP contribution in [-0.4, -0.2) is 31.6 Å². The molecule has 1 aromatic heterocycles. The van der Waals surface area contributed by atoms with E-state index in [-0.39, 0.29) is 36.8 Å². The third-order valence-electron chi connectivity index (χ3n) is 4.70. The lowest BCUT2D eigenvalue weighted by Crippen LogP contribution is -2.37. The molecule has 2 heterocycles. The number of furan rings is 1. The molecule has 0 aliphatic carbocycles. The maximum absolute atomic E-state index is 12.4. The summed E-state index contributed by atoms with van der Waals surface area (Å²) in [5.74, 6) is 0.257. The van der Waals surface area contributed by atoms with Gasteiger partial charge in [0.2, 0.25) is 0 Å². The molecule has 0 spiro atoms. The quantitative estimate of drug-likeness (QED) is 0.781. The summed E-state index contributed by atoms with van der Waals surface area (Å²) < 4.78 is 5.47. The Balaban J connectivity index is 0.00000169. The molecule has 0 saturated heterocycles. The van der Waals surface area contributed by atoms with Crippen LogP contribution < -0.4 is 15.5 Å². The van der Waals surface area contributed by atoms with Crippen LogP contribution in [0.25, 0.3) is 0 Å². The smallest absolute Gasteiger partial charge is 0.287 e. The van der Waals surface area contributed by atoms with Gasteiger partial charge in [0.05, 0.1) is 6.26 Å². The van der Waals surface area contributed by atoms with Gasteiger partial charge in [0.25, 0.3) is 5.91 Å². The zero-order valence-electron chi connectivity index (χ0n) is 15.3. The minimum Gasteiger partial charge on any atom is -0.459 e. The Kier molecular flexibility index (Phi) is 8.47. The zero-order valence-corrected chi connectivity index (χ0v) is 17.0. The summed E-state index contributed by atoms with van der Waals surface area (Å²) in [6.45, 7) is 5.48. The molecule has 2 N–H and O–H groups in total. The second-order valence-corrected chi connectivity index (χ2v) is 6.48. The van der Waals surface area contributed by atoms with Crippen LogP contribution in [-0.2, 0) is 13.0 Å². The molecular weight excluding hydrogens is 373 g/mol. The molecule has 7 heteroatoms. The van der Waals surface area contributed by atoms with Gasteiger partial charge in [-0.3, -0.25) is 4.79 Å². The molecule has 0 fully saturated rings. The van der Waals surface area contributed by atoms with Gasteiger partial charge >= 0.3 is 0 Å². The number of hydrogen-bond acceptors (Lipinski definition) is 4. The zero-order chi connectivity index (χ0) is 17.1. The van der Waals surface area contributed by atoms with Crippen molar-refractivity contribution >= 4 is 36.4 Å². The summed E-state index contributed by atoms with van der Waals surface area (Å²) in [6.07, 6.45) is 2.63. The van der Waals surface area contributed by atoms with Crippen molar-refractivity contribution in [3.63, 3.8) is 0 Å². The lowest BCUT2D eigenvalue weighted by atomic mass is 10.1. The average molecular weight is 400 g/mol. The van der Waals surface area contributed by atoms with Crippen molar-refractivity contribution < 1.29 is 9.21 Å². The Morgan fingerprint density at radius 1 is 1.31 bits per heavy atom. The number of amides is 1. The second-order valence-electron chi connectivity index (χ2n) is 6.48. The fourth-order valence-electron chi connectivity index (χ4n) is 3.14. The van der Waals surface area contributed by atoms with E-state index in [1.54, 1.807) is 6.26 Å². The molecule has 26 heavy (non-hydrogen) atoms. The normalized spacial score (nSPS) is 16.3. The third kappa shape index (κ3) is 4.72. The predicted molar refractivity (Wildman–Crippen MR) is 110 cm³/mol. The number of carbonyl (C=O) groups is 1. The first-order valence-corrected chi connectivity index (χ1v) is 8.46. The number of para-hydroxylation sites is 1. The Bertz CT molecular complexity index is 720. The van der Waals surface area contributed by atoms with Crippen LogP contribution in [0, 0.1) is 0 Å². The van der Waals surface area contributed by atoms with Crippen LogP contribution in [0.5, 0.6) is 0 Å². The molecule has 144 valence electrons. The molecule has 0 bridgehead atoms. The van der Waals surface area contributed by atoms with Gasteiger partial charge in [0.15, 0.2) is 5.76 Å². The van der Waals surface area contributed by atoms with E-state index in [2.05, 4.69) is 46.7 Å². The van der Waals surface area contributed by atoms with E-state index < -0.39 is 0 Å². The number of likely N-dealkylation sites (N-methyl/N-ethyl adjacent to an activating group) is 1. The highest BCUT2D eigenvalue weighted by molar-refractivity contribution is 5.93. The number of benzene rings is 1. The summed E-state index contributed by atoms with van der Waals surface area (Å²) in [7, 11) is 1.88. The first-order valence-electron chi connectivity index (χ1n) is 8.46. The van der Waals surface area contributed by atoms with E-state index in [1.165, 1.54) is 11.3 Å². The molecule has 1 aromatic carbocycles. The number of nitrogens with zero attached hydrogens (tertiary/aromatic N) is 1. The summed E-state index contributed by atoms with van der Waals surface area (Å²) >= 11 is 0. The molecule has 5 nitrogen and oxygen atoms in total. The molecule has 0 radical (unpaired) electrons. The molecule has 1 amide bonds. The standard InChI is InChI=1S/C19H25N3O2.2ClH/c1-13(20-3)11-21-19(23)18-16(8-9-24-18)12-22-14(2)10-15-6-4-5-7-17(15)22;;/h4-9,13-14,20H,10-12H2,1-3H3,(H,21,23);2*1H. The van der Waals surface area contributed by atoms with Crippen molar-refractivity contribution in [2.45, 2.75) is 38.9 Å². The van der Waals surface area contributed by atoms with Gasteiger partial charge < -0.3 is 20.0 Å². The Hall–Kier alpha value is -1.69. The third-order valence-corrected chi connectivity index (χ3v) is 4.70. The van der Waals surface area contributed by atoms with Gasteiger partial charge in [-0.15, -0.1) is 24.8 Å². The fraction of sp³-hybridized carbons (Fsp3) is 0.421. The monoisotopic (exact) mass is 399 g/mol. The van der Waals surface area contributed by atoms with Crippen LogP contribution in [0.15, 0.2) is 41.0 Å². The highest BCUT2D eigenvalue weighted by Crippen LogP contribution is 2.33. The van der Waals surface area contributed by atoms with Crippen LogP contribution in [0.4, 0.5) is 5.69 Å². The first kappa shape index (κ1) is 22.4. The molecule has 3 rings (SSSR count). The van der Waals surface area contributed by atoms with Crippen molar-refractivity contribution in [1.82, 2.24) is 10.6 Å². The Labute approximate surface area is 167 Å². The summed E-state index contributed by atoms with van der Waals surface area (Å²) in [5.41, 5.74) is 3.54. The topological polar surface area (TPSA) is 57.5 Å². The number of hydrogen-bond donors (Lipinski definition) is 2. The highest BCUT2D eigenvalue weighted by atomic mass is 35.5. The minimum absolute atomic E-state index is 0. The fourth-order valence-corrected chi connectivity index (χ4v) is 3.14. The van der Waals surface area contributed by atoms with Crippen LogP contribution in [0.2, 0.25) is 0 Å². The van der Waals surface area contributed by atoms with Crippen LogP contribution in [0.3, 0.4) is 0 Å². The van der Waals surface area contributed by atoms with E-state index in [9.17, 15) is 4.79 Å². The molecule has 2 unspecified atom stereocenters. The lowest BCUT2D eigenvalue weighted by Gasteiger charge is -2.24. The van der Waals surface area contributed by atoms with Crippen molar-refractivity contribution in [2.24, 2.45) is 0 Å². The molecule has 2 aromatic rings.